The van der Waals surface area contributed by atoms with Crippen LogP contribution < -0.4 is 10.6 Å². The van der Waals surface area contributed by atoms with Crippen molar-refractivity contribution in [3.05, 3.63) is 17.0 Å². The zero-order chi connectivity index (χ0) is 14.6. The minimum Gasteiger partial charge on any atom is -0.356 e. The number of nitrogens with one attached hydrogen (secondary N) is 2. The molecule has 0 saturated carbocycles. The first-order valence-electron chi connectivity index (χ1n) is 6.54. The van der Waals surface area contributed by atoms with Gasteiger partial charge in [-0.1, -0.05) is 0 Å². The van der Waals surface area contributed by atoms with Crippen molar-refractivity contribution in [2.24, 2.45) is 0 Å². The summed E-state index contributed by atoms with van der Waals surface area (Å²) in [6, 6.07) is 3.48. The Balaban J connectivity index is 2.01. The first-order valence-corrected chi connectivity index (χ1v) is 8.80. The van der Waals surface area contributed by atoms with Crippen LogP contribution >= 0.6 is 11.3 Å². The minimum atomic E-state index is -3.36. The molecule has 0 aliphatic carbocycles. The Morgan fingerprint density at radius 3 is 2.75 bits per heavy atom. The number of thiophene rings is 1. The van der Waals surface area contributed by atoms with Gasteiger partial charge in [-0.2, -0.15) is 4.31 Å². The molecule has 0 aromatic carbocycles. The van der Waals surface area contributed by atoms with Crippen molar-refractivity contribution < 1.29 is 13.2 Å². The van der Waals surface area contributed by atoms with Crippen LogP contribution in [0.2, 0.25) is 0 Å². The van der Waals surface area contributed by atoms with Gasteiger partial charge >= 0.3 is 0 Å². The van der Waals surface area contributed by atoms with Gasteiger partial charge in [-0.25, -0.2) is 8.42 Å². The van der Waals surface area contributed by atoms with Crippen molar-refractivity contribution in [3.8, 4) is 0 Å². The van der Waals surface area contributed by atoms with Gasteiger partial charge in [0.05, 0.1) is 0 Å². The van der Waals surface area contributed by atoms with Crippen LogP contribution in [-0.2, 0) is 21.2 Å². The summed E-state index contributed by atoms with van der Waals surface area (Å²) in [6.07, 6.45) is 0.654. The van der Waals surface area contributed by atoms with Crippen LogP contribution in [0.5, 0.6) is 0 Å². The smallest absolute Gasteiger partial charge is 0.252 e. The molecule has 2 heterocycles. The Hall–Kier alpha value is -0.960. The van der Waals surface area contributed by atoms with E-state index < -0.39 is 10.0 Å². The number of amides is 1. The van der Waals surface area contributed by atoms with Crippen LogP contribution in [0.1, 0.15) is 11.8 Å². The Bertz CT molecular complexity index is 562. The minimum absolute atomic E-state index is 0.0739. The predicted octanol–water partition coefficient (Wildman–Crippen LogP) is 0.0206. The molecule has 1 fully saturated rings. The van der Waals surface area contributed by atoms with E-state index in [-0.39, 0.29) is 5.91 Å². The van der Waals surface area contributed by atoms with Crippen molar-refractivity contribution >= 4 is 27.3 Å². The number of hydrogen-bond acceptors (Lipinski definition) is 5. The van der Waals surface area contributed by atoms with Crippen molar-refractivity contribution in [2.45, 2.75) is 17.6 Å². The molecule has 1 saturated heterocycles. The second kappa shape index (κ2) is 6.66. The quantitative estimate of drug-likeness (QED) is 0.802. The van der Waals surface area contributed by atoms with E-state index in [9.17, 15) is 13.2 Å². The molecule has 112 valence electrons. The highest BCUT2D eigenvalue weighted by molar-refractivity contribution is 7.91. The maximum Gasteiger partial charge on any atom is 0.252 e. The lowest BCUT2D eigenvalue weighted by molar-refractivity contribution is -0.118. The van der Waals surface area contributed by atoms with Gasteiger partial charge in [0.25, 0.3) is 10.0 Å². The lowest BCUT2D eigenvalue weighted by Gasteiger charge is -2.25. The Morgan fingerprint density at radius 1 is 1.40 bits per heavy atom. The van der Waals surface area contributed by atoms with Crippen LogP contribution in [-0.4, -0.2) is 51.4 Å². The molecule has 6 nitrogen and oxygen atoms in total. The van der Waals surface area contributed by atoms with E-state index >= 15 is 0 Å². The molecule has 1 aromatic heterocycles. The molecule has 0 bridgehead atoms. The molecule has 1 aliphatic rings. The monoisotopic (exact) mass is 317 g/mol. The fourth-order valence-corrected chi connectivity index (χ4v) is 4.96. The molecule has 1 aromatic rings. The SMILES string of the molecule is CC(=O)NCCc1ccc(S(=O)(=O)N2CCNCC2)s1. The number of rotatable bonds is 5. The van der Waals surface area contributed by atoms with Crippen LogP contribution in [0.25, 0.3) is 0 Å². The molecule has 2 rings (SSSR count). The Labute approximate surface area is 123 Å². The normalized spacial score (nSPS) is 17.1. The number of carbonyl (C=O) groups is 1. The van der Waals surface area contributed by atoms with Crippen LogP contribution in [0.4, 0.5) is 0 Å². The molecule has 0 atom stereocenters. The summed E-state index contributed by atoms with van der Waals surface area (Å²) in [6.45, 7) is 4.42. The van der Waals surface area contributed by atoms with Gasteiger partial charge in [-0.3, -0.25) is 4.79 Å². The summed E-state index contributed by atoms with van der Waals surface area (Å²) in [5.41, 5.74) is 0. The van der Waals surface area contributed by atoms with Gasteiger partial charge < -0.3 is 10.6 Å². The largest absolute Gasteiger partial charge is 0.356 e. The first-order chi connectivity index (χ1) is 9.50. The van der Waals surface area contributed by atoms with Crippen molar-refractivity contribution in [3.63, 3.8) is 0 Å². The maximum absolute atomic E-state index is 12.4. The number of carbonyl (C=O) groups excluding carboxylic acids is 1. The molecule has 20 heavy (non-hydrogen) atoms. The highest BCUT2D eigenvalue weighted by atomic mass is 32.2. The van der Waals surface area contributed by atoms with E-state index in [2.05, 4.69) is 10.6 Å². The van der Waals surface area contributed by atoms with Gasteiger partial charge in [0.2, 0.25) is 5.91 Å². The van der Waals surface area contributed by atoms with E-state index in [4.69, 9.17) is 0 Å². The topological polar surface area (TPSA) is 78.5 Å². The molecule has 0 spiro atoms. The van der Waals surface area contributed by atoms with Crippen LogP contribution in [0, 0.1) is 0 Å². The average molecular weight is 317 g/mol. The Kier molecular flexibility index (Phi) is 5.14. The number of nitrogens with zero attached hydrogens (tertiary/aromatic N) is 1. The highest BCUT2D eigenvalue weighted by Gasteiger charge is 2.27. The number of hydrogen-bond donors (Lipinski definition) is 2. The summed E-state index contributed by atoms with van der Waals surface area (Å²) in [5, 5.41) is 5.84. The summed E-state index contributed by atoms with van der Waals surface area (Å²) in [4.78, 5) is 11.8. The molecule has 1 aliphatic heterocycles. The molecular weight excluding hydrogens is 298 g/mol. The molecule has 8 heteroatoms. The average Bonchev–Trinajstić information content (AvgIpc) is 2.89. The van der Waals surface area contributed by atoms with Gasteiger partial charge in [0.1, 0.15) is 4.21 Å². The van der Waals surface area contributed by atoms with Gasteiger partial charge in [0.15, 0.2) is 0 Å². The third-order valence-corrected chi connectivity index (χ3v) is 6.56. The van der Waals surface area contributed by atoms with E-state index in [0.717, 1.165) is 4.88 Å². The predicted molar refractivity (Wildman–Crippen MR) is 78.3 cm³/mol. The van der Waals surface area contributed by atoms with Gasteiger partial charge in [0, 0.05) is 44.5 Å². The lowest BCUT2D eigenvalue weighted by atomic mass is 10.3. The standard InChI is InChI=1S/C12H19N3O3S2/c1-10(16)14-5-4-11-2-3-12(19-11)20(17,18)15-8-6-13-7-9-15/h2-3,13H,4-9H2,1H3,(H,14,16). The molecular formula is C12H19N3O3S2. The van der Waals surface area contributed by atoms with Crippen molar-refractivity contribution in [1.82, 2.24) is 14.9 Å². The van der Waals surface area contributed by atoms with Crippen molar-refractivity contribution in [2.75, 3.05) is 32.7 Å². The van der Waals surface area contributed by atoms with Gasteiger partial charge in [-0.15, -0.1) is 11.3 Å². The number of piperazine rings is 1. The van der Waals surface area contributed by atoms with Crippen LogP contribution in [0.3, 0.4) is 0 Å². The molecule has 0 radical (unpaired) electrons. The molecule has 0 unspecified atom stereocenters. The Morgan fingerprint density at radius 2 is 2.10 bits per heavy atom. The summed E-state index contributed by atoms with van der Waals surface area (Å²) in [5.74, 6) is -0.0739. The van der Waals surface area contributed by atoms with Crippen molar-refractivity contribution in [1.29, 1.82) is 0 Å². The fourth-order valence-electron chi connectivity index (χ4n) is 2.00. The van der Waals surface area contributed by atoms with E-state index in [0.29, 0.717) is 43.4 Å². The third-order valence-electron chi connectivity index (χ3n) is 3.05. The van der Waals surface area contributed by atoms with Gasteiger partial charge in [-0.05, 0) is 18.6 Å². The lowest BCUT2D eigenvalue weighted by Crippen LogP contribution is -2.46. The first kappa shape index (κ1) is 15.4. The third kappa shape index (κ3) is 3.78. The summed E-state index contributed by atoms with van der Waals surface area (Å²) < 4.78 is 26.7. The van der Waals surface area contributed by atoms with E-state index in [1.165, 1.54) is 22.6 Å². The van der Waals surface area contributed by atoms with Crippen LogP contribution in [0.15, 0.2) is 16.3 Å². The fraction of sp³-hybridized carbons (Fsp3) is 0.583. The summed E-state index contributed by atoms with van der Waals surface area (Å²) in [7, 11) is -3.36. The highest BCUT2D eigenvalue weighted by Crippen LogP contribution is 2.25. The van der Waals surface area contributed by atoms with E-state index in [1.54, 1.807) is 6.07 Å². The number of sulfonamides is 1. The maximum atomic E-state index is 12.4. The zero-order valence-electron chi connectivity index (χ0n) is 11.4. The second-order valence-electron chi connectivity index (χ2n) is 4.61. The second-order valence-corrected chi connectivity index (χ2v) is 7.94. The summed E-state index contributed by atoms with van der Waals surface area (Å²) >= 11 is 1.28. The zero-order valence-corrected chi connectivity index (χ0v) is 13.0. The molecule has 2 N–H and O–H groups in total. The van der Waals surface area contributed by atoms with E-state index in [1.807, 2.05) is 6.07 Å². The molecule has 1 amide bonds.